The van der Waals surface area contributed by atoms with Crippen molar-refractivity contribution in [1.29, 1.82) is 0 Å². The summed E-state index contributed by atoms with van der Waals surface area (Å²) < 4.78 is 26.3. The summed E-state index contributed by atoms with van der Waals surface area (Å²) in [6.07, 6.45) is 1.05. The summed E-state index contributed by atoms with van der Waals surface area (Å²) in [5.41, 5.74) is 1.97. The van der Waals surface area contributed by atoms with Crippen LogP contribution in [0.1, 0.15) is 64.0 Å². The Kier molecular flexibility index (Phi) is 4.67. The van der Waals surface area contributed by atoms with Crippen molar-refractivity contribution in [3.8, 4) is 0 Å². The second-order valence-electron chi connectivity index (χ2n) is 4.80. The van der Waals surface area contributed by atoms with Gasteiger partial charge in [-0.25, -0.2) is 8.78 Å². The molecular formula is C15H22F2. The molecule has 0 fully saturated rings. The highest BCUT2D eigenvalue weighted by molar-refractivity contribution is 5.36. The molecule has 2 heteroatoms. The second-order valence-corrected chi connectivity index (χ2v) is 4.80. The van der Waals surface area contributed by atoms with Crippen molar-refractivity contribution in [1.82, 2.24) is 0 Å². The molecule has 0 radical (unpaired) electrons. The number of hydrogen-bond acceptors (Lipinski definition) is 0. The van der Waals surface area contributed by atoms with Crippen LogP contribution in [0.2, 0.25) is 0 Å². The molecule has 0 spiro atoms. The largest absolute Gasteiger partial charge is 0.204 e. The van der Waals surface area contributed by atoms with Crippen molar-refractivity contribution in [3.63, 3.8) is 0 Å². The lowest BCUT2D eigenvalue weighted by molar-refractivity contribution is 0.382. The van der Waals surface area contributed by atoms with Crippen LogP contribution in [0.3, 0.4) is 0 Å². The maximum absolute atomic E-state index is 13.2. The van der Waals surface area contributed by atoms with E-state index in [1.165, 1.54) is 12.1 Å². The van der Waals surface area contributed by atoms with Crippen molar-refractivity contribution in [2.75, 3.05) is 0 Å². The van der Waals surface area contributed by atoms with E-state index in [0.717, 1.165) is 17.5 Å². The minimum Gasteiger partial charge on any atom is -0.204 e. The van der Waals surface area contributed by atoms with E-state index in [2.05, 4.69) is 20.8 Å². The number of fused-ring (bicyclic) bond motifs is 1. The fourth-order valence-electron chi connectivity index (χ4n) is 2.59. The van der Waals surface area contributed by atoms with Crippen LogP contribution < -0.4 is 0 Å². The Hall–Kier alpha value is -0.920. The standard InChI is InChI=1S/C13H16F2.C2H6/c1-7-4-8(2)10-5-12(14)13(15)6-11(10)9(7)3;1-2/h5-9H,4H2,1-3H3;1-2H3. The SMILES string of the molecule is CC.CC1CC(C)C(C)c2cc(F)c(F)cc21. The first-order valence-corrected chi connectivity index (χ1v) is 6.49. The van der Waals surface area contributed by atoms with E-state index in [1.807, 2.05) is 13.8 Å². The molecule has 1 aliphatic rings. The van der Waals surface area contributed by atoms with Crippen LogP contribution in [0, 0.1) is 17.6 Å². The zero-order valence-electron chi connectivity index (χ0n) is 11.3. The summed E-state index contributed by atoms with van der Waals surface area (Å²) in [5, 5.41) is 0. The molecule has 0 N–H and O–H groups in total. The van der Waals surface area contributed by atoms with Crippen LogP contribution in [-0.4, -0.2) is 0 Å². The fraction of sp³-hybridized carbons (Fsp3) is 0.600. The lowest BCUT2D eigenvalue weighted by atomic mass is 9.72. The molecule has 3 unspecified atom stereocenters. The van der Waals surface area contributed by atoms with E-state index in [-0.39, 0.29) is 0 Å². The van der Waals surface area contributed by atoms with E-state index >= 15 is 0 Å². The Morgan fingerprint density at radius 2 is 1.41 bits per heavy atom. The van der Waals surface area contributed by atoms with Gasteiger partial charge in [-0.3, -0.25) is 0 Å². The van der Waals surface area contributed by atoms with Gasteiger partial charge in [0.05, 0.1) is 0 Å². The Morgan fingerprint density at radius 3 is 1.94 bits per heavy atom. The predicted octanol–water partition coefficient (Wildman–Crippen LogP) is 5.24. The van der Waals surface area contributed by atoms with Gasteiger partial charge < -0.3 is 0 Å². The highest BCUT2D eigenvalue weighted by Gasteiger charge is 2.28. The highest BCUT2D eigenvalue weighted by Crippen LogP contribution is 2.42. The lowest BCUT2D eigenvalue weighted by Gasteiger charge is -2.33. The van der Waals surface area contributed by atoms with Gasteiger partial charge in [0.2, 0.25) is 0 Å². The van der Waals surface area contributed by atoms with E-state index in [0.29, 0.717) is 17.8 Å². The number of hydrogen-bond donors (Lipinski definition) is 0. The van der Waals surface area contributed by atoms with Gasteiger partial charge in [-0.05, 0) is 47.4 Å². The Bertz CT molecular complexity index is 385. The van der Waals surface area contributed by atoms with E-state index < -0.39 is 11.6 Å². The molecule has 0 heterocycles. The van der Waals surface area contributed by atoms with Crippen LogP contribution in [0.4, 0.5) is 8.78 Å². The topological polar surface area (TPSA) is 0 Å². The van der Waals surface area contributed by atoms with Crippen molar-refractivity contribution < 1.29 is 8.78 Å². The van der Waals surface area contributed by atoms with E-state index in [4.69, 9.17) is 0 Å². The molecule has 3 atom stereocenters. The highest BCUT2D eigenvalue weighted by atomic mass is 19.2. The Balaban J connectivity index is 0.000000686. The summed E-state index contributed by atoms with van der Waals surface area (Å²) in [6, 6.07) is 2.75. The number of halogens is 2. The van der Waals surface area contributed by atoms with Gasteiger partial charge in [0.1, 0.15) is 0 Å². The van der Waals surface area contributed by atoms with Crippen LogP contribution in [-0.2, 0) is 0 Å². The third-order valence-corrected chi connectivity index (χ3v) is 3.73. The average molecular weight is 240 g/mol. The molecule has 0 amide bonds. The molecule has 1 aromatic rings. The molecular weight excluding hydrogens is 218 g/mol. The molecule has 0 aromatic heterocycles. The van der Waals surface area contributed by atoms with Gasteiger partial charge in [0.25, 0.3) is 0 Å². The molecule has 17 heavy (non-hydrogen) atoms. The van der Waals surface area contributed by atoms with Crippen LogP contribution >= 0.6 is 0 Å². The van der Waals surface area contributed by atoms with Gasteiger partial charge in [0, 0.05) is 0 Å². The van der Waals surface area contributed by atoms with Crippen LogP contribution in [0.5, 0.6) is 0 Å². The molecule has 0 saturated carbocycles. The quantitative estimate of drug-likeness (QED) is 0.582. The van der Waals surface area contributed by atoms with Gasteiger partial charge >= 0.3 is 0 Å². The van der Waals surface area contributed by atoms with Crippen molar-refractivity contribution in [3.05, 3.63) is 34.9 Å². The maximum atomic E-state index is 13.2. The summed E-state index contributed by atoms with van der Waals surface area (Å²) in [4.78, 5) is 0. The molecule has 0 nitrogen and oxygen atoms in total. The summed E-state index contributed by atoms with van der Waals surface area (Å²) >= 11 is 0. The molecule has 0 saturated heterocycles. The molecule has 0 aliphatic heterocycles. The average Bonchev–Trinajstić information content (AvgIpc) is 2.31. The van der Waals surface area contributed by atoms with E-state index in [9.17, 15) is 8.78 Å². The normalized spacial score (nSPS) is 26.9. The minimum absolute atomic E-state index is 0.325. The summed E-state index contributed by atoms with van der Waals surface area (Å²) in [6.45, 7) is 10.3. The van der Waals surface area contributed by atoms with Gasteiger partial charge in [0.15, 0.2) is 11.6 Å². The number of rotatable bonds is 0. The van der Waals surface area contributed by atoms with Crippen molar-refractivity contribution in [2.24, 2.45) is 5.92 Å². The van der Waals surface area contributed by atoms with Gasteiger partial charge in [-0.2, -0.15) is 0 Å². The monoisotopic (exact) mass is 240 g/mol. The molecule has 1 aliphatic carbocycles. The fourth-order valence-corrected chi connectivity index (χ4v) is 2.59. The van der Waals surface area contributed by atoms with Crippen LogP contribution in [0.25, 0.3) is 0 Å². The number of benzene rings is 1. The zero-order chi connectivity index (χ0) is 13.2. The van der Waals surface area contributed by atoms with Gasteiger partial charge in [-0.15, -0.1) is 0 Å². The van der Waals surface area contributed by atoms with Crippen LogP contribution in [0.15, 0.2) is 12.1 Å². The summed E-state index contributed by atoms with van der Waals surface area (Å²) in [7, 11) is 0. The smallest absolute Gasteiger partial charge is 0.159 e. The third-order valence-electron chi connectivity index (χ3n) is 3.73. The molecule has 1 aromatic carbocycles. The van der Waals surface area contributed by atoms with Crippen molar-refractivity contribution in [2.45, 2.75) is 52.9 Å². The molecule has 2 rings (SSSR count). The third kappa shape index (κ3) is 2.67. The second kappa shape index (κ2) is 5.61. The Morgan fingerprint density at radius 1 is 0.941 bits per heavy atom. The predicted molar refractivity (Wildman–Crippen MR) is 68.3 cm³/mol. The molecule has 96 valence electrons. The maximum Gasteiger partial charge on any atom is 0.159 e. The van der Waals surface area contributed by atoms with Gasteiger partial charge in [-0.1, -0.05) is 34.6 Å². The molecule has 0 bridgehead atoms. The Labute approximate surface area is 103 Å². The first-order valence-electron chi connectivity index (χ1n) is 6.49. The van der Waals surface area contributed by atoms with Crippen molar-refractivity contribution >= 4 is 0 Å². The first-order chi connectivity index (χ1) is 8.00. The minimum atomic E-state index is -0.720. The lowest BCUT2D eigenvalue weighted by Crippen LogP contribution is -2.19. The summed E-state index contributed by atoms with van der Waals surface area (Å²) in [5.74, 6) is -0.241. The van der Waals surface area contributed by atoms with E-state index in [1.54, 1.807) is 0 Å². The first kappa shape index (κ1) is 14.1. The zero-order valence-corrected chi connectivity index (χ0v) is 11.3.